The number of ketones is 1. The van der Waals surface area contributed by atoms with Crippen molar-refractivity contribution in [3.8, 4) is 5.75 Å². The van der Waals surface area contributed by atoms with Gasteiger partial charge in [-0.3, -0.25) is 4.79 Å². The number of carbonyl (C=O) groups excluding carboxylic acids is 1. The van der Waals surface area contributed by atoms with Gasteiger partial charge in [0.05, 0.1) is 28.1 Å². The third kappa shape index (κ3) is 3.06. The first-order valence-electron chi connectivity index (χ1n) is 7.35. The fourth-order valence-corrected chi connectivity index (χ4v) is 3.53. The van der Waals surface area contributed by atoms with E-state index in [0.717, 1.165) is 16.1 Å². The minimum atomic E-state index is -1.33. The molecule has 0 unspecified atom stereocenters. The molecule has 1 aliphatic rings. The van der Waals surface area contributed by atoms with Crippen molar-refractivity contribution in [3.63, 3.8) is 0 Å². The number of fused-ring (bicyclic) bond motifs is 1. The molecule has 0 aromatic heterocycles. The molecule has 0 amide bonds. The lowest BCUT2D eigenvalue weighted by Crippen LogP contribution is -2.30. The second kappa shape index (κ2) is 6.36. The van der Waals surface area contributed by atoms with Crippen LogP contribution in [0.2, 0.25) is 0 Å². The zero-order chi connectivity index (χ0) is 17.4. The molecule has 1 atom stereocenters. The lowest BCUT2D eigenvalue weighted by atomic mass is 9.88. The summed E-state index contributed by atoms with van der Waals surface area (Å²) in [7, 11) is 0. The highest BCUT2D eigenvalue weighted by Crippen LogP contribution is 2.36. The Morgan fingerprint density at radius 1 is 1.38 bits per heavy atom. The molecular formula is C18H14BrFO4. The first kappa shape index (κ1) is 16.6. The smallest absolute Gasteiger partial charge is 0.338 e. The van der Waals surface area contributed by atoms with E-state index in [-0.39, 0.29) is 12.4 Å². The normalized spacial score (nSPS) is 16.5. The minimum Gasteiger partial charge on any atom is -0.491 e. The number of halogens is 2. The summed E-state index contributed by atoms with van der Waals surface area (Å²) in [5.41, 5.74) is 1.65. The number of rotatable bonds is 3. The Kier molecular flexibility index (Phi) is 4.41. The fourth-order valence-electron chi connectivity index (χ4n) is 2.84. The van der Waals surface area contributed by atoms with Gasteiger partial charge in [0.1, 0.15) is 11.6 Å². The second-order valence-corrected chi connectivity index (χ2v) is 6.67. The number of hydrogen-bond donors (Lipinski definition) is 1. The fraction of sp³-hybridized carbons (Fsp3) is 0.222. The van der Waals surface area contributed by atoms with E-state index in [1.54, 1.807) is 6.07 Å². The van der Waals surface area contributed by atoms with Crippen LogP contribution < -0.4 is 4.74 Å². The third-order valence-corrected chi connectivity index (χ3v) is 4.59. The topological polar surface area (TPSA) is 63.6 Å². The van der Waals surface area contributed by atoms with Crippen molar-refractivity contribution < 1.29 is 23.8 Å². The van der Waals surface area contributed by atoms with E-state index in [0.29, 0.717) is 23.3 Å². The van der Waals surface area contributed by atoms with Crippen molar-refractivity contribution >= 4 is 27.7 Å². The van der Waals surface area contributed by atoms with Crippen LogP contribution in [0.1, 0.15) is 31.8 Å². The van der Waals surface area contributed by atoms with Crippen molar-refractivity contribution in [1.82, 2.24) is 0 Å². The lowest BCUT2D eigenvalue weighted by Gasteiger charge is -2.25. The first-order valence-corrected chi connectivity index (χ1v) is 8.15. The van der Waals surface area contributed by atoms with Gasteiger partial charge in [0.15, 0.2) is 5.78 Å². The maximum absolute atomic E-state index is 13.5. The Morgan fingerprint density at radius 2 is 2.12 bits per heavy atom. The number of carbonyl (C=O) groups is 2. The van der Waals surface area contributed by atoms with Gasteiger partial charge in [-0.15, -0.1) is 0 Å². The molecule has 0 spiro atoms. The molecule has 24 heavy (non-hydrogen) atoms. The Hall–Kier alpha value is -2.21. The van der Waals surface area contributed by atoms with Gasteiger partial charge in [0, 0.05) is 0 Å². The van der Waals surface area contributed by atoms with Gasteiger partial charge in [-0.25, -0.2) is 9.18 Å². The number of carboxylic acids is 1. The van der Waals surface area contributed by atoms with Crippen LogP contribution in [0.25, 0.3) is 0 Å². The zero-order valence-electron chi connectivity index (χ0n) is 12.8. The Balaban J connectivity index is 1.89. The van der Waals surface area contributed by atoms with Gasteiger partial charge >= 0.3 is 5.97 Å². The molecule has 1 aliphatic heterocycles. The van der Waals surface area contributed by atoms with Crippen LogP contribution in [0.15, 0.2) is 34.8 Å². The molecule has 0 radical (unpaired) electrons. The average Bonchev–Trinajstić information content (AvgIpc) is 2.52. The summed E-state index contributed by atoms with van der Waals surface area (Å²) in [4.78, 5) is 23.8. The molecule has 0 fully saturated rings. The van der Waals surface area contributed by atoms with Crippen molar-refractivity contribution in [2.45, 2.75) is 13.3 Å². The van der Waals surface area contributed by atoms with Gasteiger partial charge in [-0.05, 0) is 64.7 Å². The Bertz CT molecular complexity index is 847. The summed E-state index contributed by atoms with van der Waals surface area (Å²) in [6.45, 7) is 2.09. The van der Waals surface area contributed by atoms with Crippen LogP contribution in [0.5, 0.6) is 5.75 Å². The summed E-state index contributed by atoms with van der Waals surface area (Å²) in [6.07, 6.45) is 0.296. The van der Waals surface area contributed by atoms with Crippen LogP contribution in [-0.4, -0.2) is 23.5 Å². The summed E-state index contributed by atoms with van der Waals surface area (Å²) >= 11 is 3.40. The second-order valence-electron chi connectivity index (χ2n) is 5.82. The monoisotopic (exact) mass is 392 g/mol. The molecule has 3 rings (SSSR count). The molecule has 0 saturated heterocycles. The third-order valence-electron chi connectivity index (χ3n) is 4.00. The number of aryl methyl sites for hydroxylation is 1. The van der Waals surface area contributed by atoms with E-state index < -0.39 is 23.3 Å². The van der Waals surface area contributed by atoms with E-state index >= 15 is 0 Å². The number of hydrogen-bond acceptors (Lipinski definition) is 3. The van der Waals surface area contributed by atoms with Crippen LogP contribution in [-0.2, 0) is 6.42 Å². The molecule has 0 aliphatic carbocycles. The van der Waals surface area contributed by atoms with E-state index in [1.807, 2.05) is 13.0 Å². The Labute approximate surface area is 146 Å². The molecule has 0 bridgehead atoms. The van der Waals surface area contributed by atoms with Crippen LogP contribution >= 0.6 is 15.9 Å². The SMILES string of the molecule is Cc1cc(Br)c2c(c1)C(=O)[C@@H](Cc1ccc(F)c(C(=O)O)c1)CO2. The zero-order valence-corrected chi connectivity index (χ0v) is 14.4. The minimum absolute atomic E-state index is 0.0538. The summed E-state index contributed by atoms with van der Waals surface area (Å²) in [5, 5.41) is 9.00. The largest absolute Gasteiger partial charge is 0.491 e. The summed E-state index contributed by atoms with van der Waals surface area (Å²) < 4.78 is 19.9. The lowest BCUT2D eigenvalue weighted by molar-refractivity contribution is 0.0691. The van der Waals surface area contributed by atoms with Crippen LogP contribution in [0.4, 0.5) is 4.39 Å². The van der Waals surface area contributed by atoms with Gasteiger partial charge < -0.3 is 9.84 Å². The number of Topliss-reactive ketones (excluding diaryl/α,β-unsaturated/α-hetero) is 1. The van der Waals surface area contributed by atoms with E-state index in [4.69, 9.17) is 9.84 Å². The molecule has 2 aromatic carbocycles. The highest BCUT2D eigenvalue weighted by atomic mass is 79.9. The molecule has 1 N–H and O–H groups in total. The molecule has 4 nitrogen and oxygen atoms in total. The predicted octanol–water partition coefficient (Wildman–Crippen LogP) is 4.03. The van der Waals surface area contributed by atoms with E-state index in [9.17, 15) is 14.0 Å². The van der Waals surface area contributed by atoms with Gasteiger partial charge in [0.25, 0.3) is 0 Å². The van der Waals surface area contributed by atoms with Gasteiger partial charge in [0.2, 0.25) is 0 Å². The number of carboxylic acid groups (broad SMARTS) is 1. The molecule has 124 valence electrons. The maximum Gasteiger partial charge on any atom is 0.338 e. The van der Waals surface area contributed by atoms with E-state index in [2.05, 4.69) is 15.9 Å². The van der Waals surface area contributed by atoms with Gasteiger partial charge in [-0.2, -0.15) is 0 Å². The number of benzene rings is 2. The maximum atomic E-state index is 13.5. The predicted molar refractivity (Wildman–Crippen MR) is 89.3 cm³/mol. The standard InChI is InChI=1S/C18H14BrFO4/c1-9-4-13-16(21)11(8-24-17(13)14(19)5-9)6-10-2-3-15(20)12(7-10)18(22)23/h2-5,7,11H,6,8H2,1H3,(H,22,23)/t11-/m0/s1. The quantitative estimate of drug-likeness (QED) is 0.856. The summed E-state index contributed by atoms with van der Waals surface area (Å²) in [5.74, 6) is -2.07. The highest BCUT2D eigenvalue weighted by Gasteiger charge is 2.30. The molecule has 1 heterocycles. The molecule has 6 heteroatoms. The van der Waals surface area contributed by atoms with Crippen LogP contribution in [0, 0.1) is 18.7 Å². The molecular weight excluding hydrogens is 379 g/mol. The molecule has 0 saturated carbocycles. The van der Waals surface area contributed by atoms with Crippen LogP contribution in [0.3, 0.4) is 0 Å². The van der Waals surface area contributed by atoms with Crippen molar-refractivity contribution in [3.05, 3.63) is 62.9 Å². The van der Waals surface area contributed by atoms with E-state index in [1.165, 1.54) is 12.1 Å². The first-order chi connectivity index (χ1) is 11.4. The highest BCUT2D eigenvalue weighted by molar-refractivity contribution is 9.10. The Morgan fingerprint density at radius 3 is 2.83 bits per heavy atom. The van der Waals surface area contributed by atoms with Gasteiger partial charge in [-0.1, -0.05) is 6.07 Å². The average molecular weight is 393 g/mol. The number of ether oxygens (including phenoxy) is 1. The molecule has 2 aromatic rings. The number of aromatic carboxylic acids is 1. The van der Waals surface area contributed by atoms with Crippen molar-refractivity contribution in [1.29, 1.82) is 0 Å². The van der Waals surface area contributed by atoms with Crippen molar-refractivity contribution in [2.24, 2.45) is 5.92 Å². The van der Waals surface area contributed by atoms with Crippen molar-refractivity contribution in [2.75, 3.05) is 6.61 Å². The summed E-state index contributed by atoms with van der Waals surface area (Å²) in [6, 6.07) is 7.54.